The number of aliphatic carboxylic acids is 1. The molecule has 0 radical (unpaired) electrons. The van der Waals surface area contributed by atoms with Crippen LogP contribution in [0.1, 0.15) is 38.7 Å². The van der Waals surface area contributed by atoms with Crippen molar-refractivity contribution in [3.63, 3.8) is 0 Å². The van der Waals surface area contributed by atoms with Gasteiger partial charge in [-0.3, -0.25) is 4.79 Å². The Kier molecular flexibility index (Phi) is 6.44. The SMILES string of the molecule is CCCCC(NC(C)Cc1ccccc1)C(=O)O. The van der Waals surface area contributed by atoms with Crippen molar-refractivity contribution in [2.75, 3.05) is 0 Å². The monoisotopic (exact) mass is 249 g/mol. The van der Waals surface area contributed by atoms with Gasteiger partial charge in [-0.05, 0) is 25.3 Å². The number of nitrogens with one attached hydrogen (secondary N) is 1. The van der Waals surface area contributed by atoms with E-state index in [0.717, 1.165) is 19.3 Å². The normalized spacial score (nSPS) is 14.1. The zero-order valence-corrected chi connectivity index (χ0v) is 11.2. The van der Waals surface area contributed by atoms with E-state index in [1.54, 1.807) is 0 Å². The van der Waals surface area contributed by atoms with E-state index in [0.29, 0.717) is 6.42 Å². The fourth-order valence-electron chi connectivity index (χ4n) is 2.06. The third-order valence-corrected chi connectivity index (χ3v) is 3.01. The Morgan fingerprint density at radius 1 is 1.33 bits per heavy atom. The molecule has 0 aliphatic carbocycles. The predicted octanol–water partition coefficient (Wildman–Crippen LogP) is 2.85. The maximum Gasteiger partial charge on any atom is 0.320 e. The van der Waals surface area contributed by atoms with E-state index in [9.17, 15) is 4.79 Å². The molecule has 2 atom stereocenters. The molecule has 0 saturated carbocycles. The Hall–Kier alpha value is -1.35. The van der Waals surface area contributed by atoms with Crippen LogP contribution in [0.2, 0.25) is 0 Å². The maximum absolute atomic E-state index is 11.1. The van der Waals surface area contributed by atoms with Gasteiger partial charge in [0.05, 0.1) is 0 Å². The Bertz CT molecular complexity index is 351. The lowest BCUT2D eigenvalue weighted by molar-refractivity contribution is -0.139. The second kappa shape index (κ2) is 7.88. The first-order valence-electron chi connectivity index (χ1n) is 6.66. The molecule has 0 amide bonds. The Labute approximate surface area is 109 Å². The summed E-state index contributed by atoms with van der Waals surface area (Å²) in [7, 11) is 0. The summed E-state index contributed by atoms with van der Waals surface area (Å²) in [4.78, 5) is 11.1. The average molecular weight is 249 g/mol. The van der Waals surface area contributed by atoms with Gasteiger partial charge in [-0.1, -0.05) is 50.1 Å². The summed E-state index contributed by atoms with van der Waals surface area (Å²) in [6, 6.07) is 9.89. The van der Waals surface area contributed by atoms with Gasteiger partial charge in [0.2, 0.25) is 0 Å². The van der Waals surface area contributed by atoms with Crippen molar-refractivity contribution in [2.45, 2.75) is 51.6 Å². The minimum atomic E-state index is -0.747. The molecule has 1 aromatic rings. The number of hydrogen-bond donors (Lipinski definition) is 2. The number of hydrogen-bond acceptors (Lipinski definition) is 2. The highest BCUT2D eigenvalue weighted by molar-refractivity contribution is 5.73. The van der Waals surface area contributed by atoms with Gasteiger partial charge >= 0.3 is 5.97 Å². The molecular weight excluding hydrogens is 226 g/mol. The molecule has 3 heteroatoms. The lowest BCUT2D eigenvalue weighted by atomic mass is 10.0. The molecule has 3 nitrogen and oxygen atoms in total. The van der Waals surface area contributed by atoms with E-state index in [-0.39, 0.29) is 6.04 Å². The standard InChI is InChI=1S/C15H23NO2/c1-3-4-10-14(15(17)18)16-12(2)11-13-8-6-5-7-9-13/h5-9,12,14,16H,3-4,10-11H2,1-2H3,(H,17,18). The Balaban J connectivity index is 2.45. The van der Waals surface area contributed by atoms with Crippen LogP contribution in [0.3, 0.4) is 0 Å². The van der Waals surface area contributed by atoms with Crippen molar-refractivity contribution in [1.29, 1.82) is 0 Å². The van der Waals surface area contributed by atoms with Crippen LogP contribution in [-0.2, 0) is 11.2 Å². The average Bonchev–Trinajstić information content (AvgIpc) is 2.35. The lowest BCUT2D eigenvalue weighted by Crippen LogP contribution is -2.42. The molecule has 18 heavy (non-hydrogen) atoms. The number of benzene rings is 1. The van der Waals surface area contributed by atoms with Crippen molar-refractivity contribution in [2.24, 2.45) is 0 Å². The molecule has 1 rings (SSSR count). The third kappa shape index (κ3) is 5.32. The van der Waals surface area contributed by atoms with Crippen molar-refractivity contribution in [3.05, 3.63) is 35.9 Å². The summed E-state index contributed by atoms with van der Waals surface area (Å²) in [6.07, 6.45) is 3.53. The summed E-state index contributed by atoms with van der Waals surface area (Å²) < 4.78 is 0. The fraction of sp³-hybridized carbons (Fsp3) is 0.533. The number of carboxylic acid groups (broad SMARTS) is 1. The molecule has 0 bridgehead atoms. The fourth-order valence-corrected chi connectivity index (χ4v) is 2.06. The summed E-state index contributed by atoms with van der Waals surface area (Å²) >= 11 is 0. The van der Waals surface area contributed by atoms with Crippen molar-refractivity contribution in [3.8, 4) is 0 Å². The molecule has 0 heterocycles. The van der Waals surface area contributed by atoms with Gasteiger partial charge in [-0.15, -0.1) is 0 Å². The van der Waals surface area contributed by atoms with Crippen molar-refractivity contribution >= 4 is 5.97 Å². The van der Waals surface area contributed by atoms with Gasteiger partial charge < -0.3 is 10.4 Å². The molecule has 1 aromatic carbocycles. The van der Waals surface area contributed by atoms with Crippen LogP contribution in [-0.4, -0.2) is 23.2 Å². The van der Waals surface area contributed by atoms with Crippen LogP contribution in [0.4, 0.5) is 0 Å². The molecule has 2 N–H and O–H groups in total. The molecule has 0 fully saturated rings. The van der Waals surface area contributed by atoms with Gasteiger partial charge in [0, 0.05) is 6.04 Å². The molecule has 0 saturated heterocycles. The topological polar surface area (TPSA) is 49.3 Å². The maximum atomic E-state index is 11.1. The summed E-state index contributed by atoms with van der Waals surface area (Å²) in [5, 5.41) is 12.4. The Morgan fingerprint density at radius 2 is 2.00 bits per heavy atom. The first kappa shape index (κ1) is 14.7. The zero-order valence-electron chi connectivity index (χ0n) is 11.2. The third-order valence-electron chi connectivity index (χ3n) is 3.01. The second-order valence-corrected chi connectivity index (χ2v) is 4.79. The predicted molar refractivity (Wildman–Crippen MR) is 73.7 cm³/mol. The highest BCUT2D eigenvalue weighted by atomic mass is 16.4. The quantitative estimate of drug-likeness (QED) is 0.745. The molecule has 0 spiro atoms. The van der Waals surface area contributed by atoms with E-state index in [1.165, 1.54) is 5.56 Å². The van der Waals surface area contributed by atoms with Gasteiger partial charge in [0.25, 0.3) is 0 Å². The zero-order chi connectivity index (χ0) is 13.4. The lowest BCUT2D eigenvalue weighted by Gasteiger charge is -2.20. The first-order chi connectivity index (χ1) is 8.63. The van der Waals surface area contributed by atoms with Crippen LogP contribution in [0.15, 0.2) is 30.3 Å². The van der Waals surface area contributed by atoms with Crippen LogP contribution in [0.25, 0.3) is 0 Å². The number of rotatable bonds is 8. The summed E-state index contributed by atoms with van der Waals surface area (Å²) in [5.74, 6) is -0.747. The summed E-state index contributed by atoms with van der Waals surface area (Å²) in [5.41, 5.74) is 1.23. The van der Waals surface area contributed by atoms with Gasteiger partial charge in [-0.2, -0.15) is 0 Å². The van der Waals surface area contributed by atoms with Crippen LogP contribution in [0, 0.1) is 0 Å². The molecular formula is C15H23NO2. The van der Waals surface area contributed by atoms with Crippen LogP contribution >= 0.6 is 0 Å². The number of unbranched alkanes of at least 4 members (excludes halogenated alkanes) is 1. The second-order valence-electron chi connectivity index (χ2n) is 4.79. The Morgan fingerprint density at radius 3 is 2.56 bits per heavy atom. The van der Waals surface area contributed by atoms with Gasteiger partial charge in [-0.25, -0.2) is 0 Å². The van der Waals surface area contributed by atoms with E-state index in [4.69, 9.17) is 5.11 Å². The van der Waals surface area contributed by atoms with Gasteiger partial charge in [0.1, 0.15) is 6.04 Å². The first-order valence-corrected chi connectivity index (χ1v) is 6.66. The highest BCUT2D eigenvalue weighted by Gasteiger charge is 2.18. The molecule has 2 unspecified atom stereocenters. The molecule has 100 valence electrons. The number of carbonyl (C=O) groups is 1. The molecule has 0 aliphatic heterocycles. The smallest absolute Gasteiger partial charge is 0.320 e. The molecule has 0 aliphatic rings. The van der Waals surface area contributed by atoms with E-state index in [1.807, 2.05) is 25.1 Å². The van der Waals surface area contributed by atoms with Crippen LogP contribution < -0.4 is 5.32 Å². The minimum Gasteiger partial charge on any atom is -0.480 e. The largest absolute Gasteiger partial charge is 0.480 e. The highest BCUT2D eigenvalue weighted by Crippen LogP contribution is 2.06. The number of carboxylic acids is 1. The van der Waals surface area contributed by atoms with Gasteiger partial charge in [0.15, 0.2) is 0 Å². The van der Waals surface area contributed by atoms with E-state index < -0.39 is 12.0 Å². The summed E-state index contributed by atoms with van der Waals surface area (Å²) in [6.45, 7) is 4.11. The van der Waals surface area contributed by atoms with Crippen molar-refractivity contribution in [1.82, 2.24) is 5.32 Å². The van der Waals surface area contributed by atoms with E-state index >= 15 is 0 Å². The van der Waals surface area contributed by atoms with Crippen LogP contribution in [0.5, 0.6) is 0 Å². The molecule has 0 aromatic heterocycles. The van der Waals surface area contributed by atoms with Crippen molar-refractivity contribution < 1.29 is 9.90 Å². The minimum absolute atomic E-state index is 0.172. The van der Waals surface area contributed by atoms with E-state index in [2.05, 4.69) is 24.4 Å².